The van der Waals surface area contributed by atoms with E-state index in [1.54, 1.807) is 16.6 Å². The molecule has 20 heavy (non-hydrogen) atoms. The third kappa shape index (κ3) is 1.46. The van der Waals surface area contributed by atoms with Gasteiger partial charge in [0.15, 0.2) is 11.5 Å². The van der Waals surface area contributed by atoms with E-state index in [9.17, 15) is 4.79 Å². The number of hydrogen-bond donors (Lipinski definition) is 0. The van der Waals surface area contributed by atoms with Crippen LogP contribution in [0.1, 0.15) is 16.2 Å². The van der Waals surface area contributed by atoms with Gasteiger partial charge in [0.2, 0.25) is 0 Å². The molecule has 3 heterocycles. The average Bonchev–Trinajstić information content (AvgIpc) is 3.16. The lowest BCUT2D eigenvalue weighted by atomic mass is 10.1. The summed E-state index contributed by atoms with van der Waals surface area (Å²) in [6, 6.07) is 14.9. The summed E-state index contributed by atoms with van der Waals surface area (Å²) >= 11 is 0. The van der Waals surface area contributed by atoms with Gasteiger partial charge in [-0.25, -0.2) is 4.52 Å². The summed E-state index contributed by atoms with van der Waals surface area (Å²) in [5.74, 6) is 0.000778. The predicted octanol–water partition coefficient (Wildman–Crippen LogP) is 2.71. The van der Waals surface area contributed by atoms with E-state index in [0.29, 0.717) is 11.2 Å². The van der Waals surface area contributed by atoms with Crippen molar-refractivity contribution in [1.29, 1.82) is 0 Å². The standard InChI is InChI=1S/C15H9N3O2/c19-15(13-6-3-9-20-13)14-12-8-7-10-4-1-2-5-11(10)18(12)17-16-14/h1-9H. The van der Waals surface area contributed by atoms with Gasteiger partial charge in [-0.1, -0.05) is 29.5 Å². The fourth-order valence-electron chi connectivity index (χ4n) is 2.29. The highest BCUT2D eigenvalue weighted by atomic mass is 16.3. The number of fused-ring (bicyclic) bond motifs is 3. The van der Waals surface area contributed by atoms with Crippen molar-refractivity contribution in [2.75, 3.05) is 0 Å². The van der Waals surface area contributed by atoms with Crippen molar-refractivity contribution in [2.24, 2.45) is 0 Å². The molecule has 0 saturated carbocycles. The Hall–Kier alpha value is -2.95. The third-order valence-corrected chi connectivity index (χ3v) is 3.25. The first-order chi connectivity index (χ1) is 9.84. The van der Waals surface area contributed by atoms with E-state index in [4.69, 9.17) is 4.42 Å². The van der Waals surface area contributed by atoms with Crippen LogP contribution in [0, 0.1) is 0 Å². The topological polar surface area (TPSA) is 60.4 Å². The number of hydrogen-bond acceptors (Lipinski definition) is 4. The fraction of sp³-hybridized carbons (Fsp3) is 0. The second kappa shape index (κ2) is 4.03. The van der Waals surface area contributed by atoms with Crippen LogP contribution in [0.2, 0.25) is 0 Å². The van der Waals surface area contributed by atoms with Crippen molar-refractivity contribution in [3.63, 3.8) is 0 Å². The largest absolute Gasteiger partial charge is 0.461 e. The molecule has 0 amide bonds. The number of benzene rings is 1. The zero-order valence-electron chi connectivity index (χ0n) is 10.4. The molecule has 0 aliphatic carbocycles. The summed E-state index contributed by atoms with van der Waals surface area (Å²) in [6.45, 7) is 0. The molecule has 5 nitrogen and oxygen atoms in total. The van der Waals surface area contributed by atoms with Crippen LogP contribution < -0.4 is 0 Å². The Labute approximate surface area is 113 Å². The molecule has 4 rings (SSSR count). The maximum Gasteiger partial charge on any atom is 0.250 e. The van der Waals surface area contributed by atoms with Gasteiger partial charge in [0.05, 0.1) is 17.3 Å². The fourth-order valence-corrected chi connectivity index (χ4v) is 2.29. The lowest BCUT2D eigenvalue weighted by molar-refractivity contribution is 0.101. The van der Waals surface area contributed by atoms with Crippen LogP contribution in [-0.2, 0) is 0 Å². The smallest absolute Gasteiger partial charge is 0.250 e. The molecular formula is C15H9N3O2. The second-order valence-corrected chi connectivity index (χ2v) is 4.43. The van der Waals surface area contributed by atoms with E-state index in [1.807, 2.05) is 36.4 Å². The van der Waals surface area contributed by atoms with Crippen LogP contribution >= 0.6 is 0 Å². The first kappa shape index (κ1) is 10.9. The van der Waals surface area contributed by atoms with Gasteiger partial charge in [0.1, 0.15) is 0 Å². The van der Waals surface area contributed by atoms with Crippen LogP contribution in [0.15, 0.2) is 59.2 Å². The molecule has 5 heteroatoms. The van der Waals surface area contributed by atoms with E-state index < -0.39 is 0 Å². The van der Waals surface area contributed by atoms with Crippen molar-refractivity contribution in [3.05, 3.63) is 66.2 Å². The number of rotatable bonds is 2. The van der Waals surface area contributed by atoms with Gasteiger partial charge in [-0.2, -0.15) is 0 Å². The summed E-state index contributed by atoms with van der Waals surface area (Å²) in [6.07, 6.45) is 1.47. The van der Waals surface area contributed by atoms with Crippen molar-refractivity contribution in [3.8, 4) is 0 Å². The van der Waals surface area contributed by atoms with Gasteiger partial charge in [-0.3, -0.25) is 4.79 Å². The molecule has 4 aromatic rings. The molecule has 0 aliphatic rings. The minimum atomic E-state index is -0.264. The molecule has 0 N–H and O–H groups in total. The van der Waals surface area contributed by atoms with E-state index in [-0.39, 0.29) is 11.5 Å². The first-order valence-electron chi connectivity index (χ1n) is 6.16. The van der Waals surface area contributed by atoms with E-state index in [0.717, 1.165) is 10.9 Å². The van der Waals surface area contributed by atoms with Crippen LogP contribution in [-0.4, -0.2) is 20.6 Å². The highest BCUT2D eigenvalue weighted by Gasteiger charge is 2.19. The Morgan fingerprint density at radius 3 is 2.75 bits per heavy atom. The minimum absolute atomic E-state index is 0.264. The monoisotopic (exact) mass is 263 g/mol. The molecule has 3 aromatic heterocycles. The summed E-state index contributed by atoms with van der Waals surface area (Å²) in [4.78, 5) is 12.3. The van der Waals surface area contributed by atoms with Crippen LogP contribution in [0.3, 0.4) is 0 Å². The lowest BCUT2D eigenvalue weighted by Gasteiger charge is -2.00. The minimum Gasteiger partial charge on any atom is -0.461 e. The van der Waals surface area contributed by atoms with Gasteiger partial charge >= 0.3 is 0 Å². The zero-order valence-corrected chi connectivity index (χ0v) is 10.4. The molecule has 0 saturated heterocycles. The van der Waals surface area contributed by atoms with Crippen molar-refractivity contribution in [1.82, 2.24) is 14.8 Å². The number of carbonyl (C=O) groups is 1. The van der Waals surface area contributed by atoms with Gasteiger partial charge in [0.25, 0.3) is 5.78 Å². The Kier molecular flexibility index (Phi) is 2.20. The van der Waals surface area contributed by atoms with E-state index >= 15 is 0 Å². The molecule has 0 aliphatic heterocycles. The Morgan fingerprint density at radius 2 is 1.90 bits per heavy atom. The Morgan fingerprint density at radius 1 is 1.00 bits per heavy atom. The van der Waals surface area contributed by atoms with Crippen LogP contribution in [0.4, 0.5) is 0 Å². The molecule has 0 bridgehead atoms. The summed E-state index contributed by atoms with van der Waals surface area (Å²) in [5, 5.41) is 9.13. The molecule has 96 valence electrons. The SMILES string of the molecule is O=C(c1ccco1)c1nnn2c1ccc1ccccc12. The molecule has 1 aromatic carbocycles. The van der Waals surface area contributed by atoms with Crippen molar-refractivity contribution >= 4 is 22.2 Å². The normalized spacial score (nSPS) is 11.2. The summed E-state index contributed by atoms with van der Waals surface area (Å²) < 4.78 is 6.80. The number of carbonyl (C=O) groups excluding carboxylic acids is 1. The molecule has 0 radical (unpaired) electrons. The maximum absolute atomic E-state index is 12.3. The molecule has 0 atom stereocenters. The second-order valence-electron chi connectivity index (χ2n) is 4.43. The summed E-state index contributed by atoms with van der Waals surface area (Å²) in [7, 11) is 0. The van der Waals surface area contributed by atoms with Crippen molar-refractivity contribution < 1.29 is 9.21 Å². The lowest BCUT2D eigenvalue weighted by Crippen LogP contribution is -2.01. The van der Waals surface area contributed by atoms with Gasteiger partial charge < -0.3 is 4.42 Å². The molecule has 0 unspecified atom stereocenters. The Bertz CT molecular complexity index is 923. The van der Waals surface area contributed by atoms with Crippen LogP contribution in [0.25, 0.3) is 16.4 Å². The first-order valence-corrected chi connectivity index (χ1v) is 6.16. The van der Waals surface area contributed by atoms with E-state index in [2.05, 4.69) is 10.3 Å². The number of furan rings is 1. The third-order valence-electron chi connectivity index (χ3n) is 3.25. The zero-order chi connectivity index (χ0) is 13.5. The molecule has 0 fully saturated rings. The molecule has 0 spiro atoms. The highest BCUT2D eigenvalue weighted by molar-refractivity contribution is 6.10. The number of nitrogens with zero attached hydrogens (tertiary/aromatic N) is 3. The van der Waals surface area contributed by atoms with Crippen molar-refractivity contribution in [2.45, 2.75) is 0 Å². The number of para-hydroxylation sites is 1. The maximum atomic E-state index is 12.3. The number of pyridine rings is 1. The average molecular weight is 263 g/mol. The van der Waals surface area contributed by atoms with Gasteiger partial charge in [-0.05, 0) is 24.3 Å². The quantitative estimate of drug-likeness (QED) is 0.522. The van der Waals surface area contributed by atoms with Gasteiger partial charge in [0, 0.05) is 5.39 Å². The molecular weight excluding hydrogens is 254 g/mol. The number of ketones is 1. The summed E-state index contributed by atoms with van der Waals surface area (Å²) in [5.41, 5.74) is 1.88. The van der Waals surface area contributed by atoms with E-state index in [1.165, 1.54) is 6.26 Å². The highest BCUT2D eigenvalue weighted by Crippen LogP contribution is 2.19. The Balaban J connectivity index is 1.98. The predicted molar refractivity (Wildman–Crippen MR) is 72.6 cm³/mol. The van der Waals surface area contributed by atoms with Gasteiger partial charge in [-0.15, -0.1) is 5.10 Å². The van der Waals surface area contributed by atoms with Crippen LogP contribution in [0.5, 0.6) is 0 Å². The number of aromatic nitrogens is 3.